The number of nitrogens with one attached hydrogen (secondary N) is 1. The molecule has 1 aliphatic rings. The average Bonchev–Trinajstić information content (AvgIpc) is 3.06. The first-order chi connectivity index (χ1) is 9.54. The number of likely N-dealkylation sites (tertiary alicyclic amines) is 1. The molecule has 2 rings (SSSR count). The van der Waals surface area contributed by atoms with E-state index < -0.39 is 18.1 Å². The summed E-state index contributed by atoms with van der Waals surface area (Å²) in [5, 5.41) is 4.62. The van der Waals surface area contributed by atoms with Gasteiger partial charge in [-0.1, -0.05) is 6.07 Å². The molecule has 1 fully saturated rings. The molecule has 0 aliphatic carbocycles. The molecule has 108 valence electrons. The zero-order chi connectivity index (χ0) is 14.7. The Hall–Kier alpha value is -1.89. The molecule has 1 aromatic heterocycles. The molecular weight excluding hydrogens is 280 g/mol. The standard InChI is InChI=1S/C13H16N2O4S/c1-8(16)15-6-5-9(11(15)13(18)19-2)14-12(17)10-4-3-7-20-10/h3-4,7,9,11H,5-6H2,1-2H3,(H,14,17). The Balaban J connectivity index is 2.12. The molecule has 2 unspecified atom stereocenters. The van der Waals surface area contributed by atoms with Crippen LogP contribution in [-0.4, -0.2) is 48.4 Å². The summed E-state index contributed by atoms with van der Waals surface area (Å²) in [5.74, 6) is -0.938. The van der Waals surface area contributed by atoms with Gasteiger partial charge in [0.25, 0.3) is 5.91 Å². The van der Waals surface area contributed by atoms with Gasteiger partial charge in [-0.2, -0.15) is 0 Å². The molecule has 1 saturated heterocycles. The van der Waals surface area contributed by atoms with Crippen molar-refractivity contribution in [2.45, 2.75) is 25.4 Å². The predicted octanol–water partition coefficient (Wildman–Crippen LogP) is 0.640. The zero-order valence-electron chi connectivity index (χ0n) is 11.3. The Morgan fingerprint density at radius 3 is 2.75 bits per heavy atom. The van der Waals surface area contributed by atoms with Crippen LogP contribution in [0.15, 0.2) is 17.5 Å². The van der Waals surface area contributed by atoms with Gasteiger partial charge in [0.05, 0.1) is 18.0 Å². The average molecular weight is 296 g/mol. The van der Waals surface area contributed by atoms with E-state index in [-0.39, 0.29) is 11.8 Å². The number of carbonyl (C=O) groups excluding carboxylic acids is 3. The molecule has 1 N–H and O–H groups in total. The predicted molar refractivity (Wildman–Crippen MR) is 73.4 cm³/mol. The minimum atomic E-state index is -0.749. The van der Waals surface area contributed by atoms with E-state index >= 15 is 0 Å². The first kappa shape index (κ1) is 14.5. The van der Waals surface area contributed by atoms with Crippen molar-refractivity contribution in [1.82, 2.24) is 10.2 Å². The smallest absolute Gasteiger partial charge is 0.330 e. The lowest BCUT2D eigenvalue weighted by atomic mass is 10.1. The summed E-state index contributed by atoms with van der Waals surface area (Å²) >= 11 is 1.33. The molecule has 6 nitrogen and oxygen atoms in total. The first-order valence-corrected chi connectivity index (χ1v) is 7.12. The first-order valence-electron chi connectivity index (χ1n) is 6.24. The van der Waals surface area contributed by atoms with Gasteiger partial charge >= 0.3 is 5.97 Å². The highest BCUT2D eigenvalue weighted by molar-refractivity contribution is 7.12. The molecule has 0 radical (unpaired) electrons. The van der Waals surface area contributed by atoms with Crippen LogP contribution in [0.1, 0.15) is 23.0 Å². The van der Waals surface area contributed by atoms with E-state index in [1.165, 1.54) is 30.3 Å². The van der Waals surface area contributed by atoms with Gasteiger partial charge in [-0.3, -0.25) is 9.59 Å². The highest BCUT2D eigenvalue weighted by Crippen LogP contribution is 2.20. The molecule has 1 aromatic rings. The Bertz CT molecular complexity index is 514. The molecule has 2 heterocycles. The van der Waals surface area contributed by atoms with Crippen molar-refractivity contribution in [2.75, 3.05) is 13.7 Å². The highest BCUT2D eigenvalue weighted by atomic mass is 32.1. The van der Waals surface area contributed by atoms with E-state index in [2.05, 4.69) is 5.32 Å². The third-order valence-corrected chi connectivity index (χ3v) is 4.18. The summed E-state index contributed by atoms with van der Waals surface area (Å²) < 4.78 is 4.74. The van der Waals surface area contributed by atoms with Crippen molar-refractivity contribution in [3.05, 3.63) is 22.4 Å². The number of amides is 2. The second kappa shape index (κ2) is 6.04. The van der Waals surface area contributed by atoms with E-state index in [9.17, 15) is 14.4 Å². The quantitative estimate of drug-likeness (QED) is 0.831. The van der Waals surface area contributed by atoms with Crippen molar-refractivity contribution in [3.8, 4) is 0 Å². The fourth-order valence-corrected chi connectivity index (χ4v) is 2.98. The molecule has 0 aromatic carbocycles. The van der Waals surface area contributed by atoms with E-state index in [1.807, 2.05) is 5.38 Å². The number of carbonyl (C=O) groups is 3. The summed E-state index contributed by atoms with van der Waals surface area (Å²) in [6, 6.07) is 2.33. The molecule has 2 atom stereocenters. The van der Waals surface area contributed by atoms with Gasteiger partial charge < -0.3 is 15.0 Å². The van der Waals surface area contributed by atoms with E-state index in [1.54, 1.807) is 12.1 Å². The number of methoxy groups -OCH3 is 1. The van der Waals surface area contributed by atoms with Gasteiger partial charge in [0, 0.05) is 13.5 Å². The van der Waals surface area contributed by atoms with Crippen LogP contribution in [0.3, 0.4) is 0 Å². The third kappa shape index (κ3) is 2.82. The summed E-state index contributed by atoms with van der Waals surface area (Å²) in [5.41, 5.74) is 0. The maximum atomic E-state index is 12.0. The number of esters is 1. The van der Waals surface area contributed by atoms with E-state index in [4.69, 9.17) is 4.74 Å². The Morgan fingerprint density at radius 1 is 1.45 bits per heavy atom. The Morgan fingerprint density at radius 2 is 2.20 bits per heavy atom. The van der Waals surface area contributed by atoms with Crippen LogP contribution >= 0.6 is 11.3 Å². The van der Waals surface area contributed by atoms with Crippen LogP contribution in [0.25, 0.3) is 0 Å². The van der Waals surface area contributed by atoms with Crippen molar-refractivity contribution in [3.63, 3.8) is 0 Å². The van der Waals surface area contributed by atoms with Crippen LogP contribution in [0.5, 0.6) is 0 Å². The fourth-order valence-electron chi connectivity index (χ4n) is 2.36. The Labute approximate surface area is 120 Å². The van der Waals surface area contributed by atoms with Gasteiger partial charge in [-0.05, 0) is 17.9 Å². The van der Waals surface area contributed by atoms with Crippen molar-refractivity contribution >= 4 is 29.1 Å². The second-order valence-electron chi connectivity index (χ2n) is 4.53. The SMILES string of the molecule is COC(=O)C1C(NC(=O)c2cccs2)CCN1C(C)=O. The normalized spacial score (nSPS) is 21.6. The summed E-state index contributed by atoms with van der Waals surface area (Å²) in [6.45, 7) is 1.84. The number of hydrogen-bond donors (Lipinski definition) is 1. The third-order valence-electron chi connectivity index (χ3n) is 3.31. The molecule has 2 amide bonds. The molecule has 0 bridgehead atoms. The van der Waals surface area contributed by atoms with E-state index in [0.29, 0.717) is 17.8 Å². The number of rotatable bonds is 3. The minimum Gasteiger partial charge on any atom is -0.467 e. The van der Waals surface area contributed by atoms with Crippen LogP contribution in [0, 0.1) is 0 Å². The maximum absolute atomic E-state index is 12.0. The maximum Gasteiger partial charge on any atom is 0.330 e. The van der Waals surface area contributed by atoms with Crippen LogP contribution in [0.2, 0.25) is 0 Å². The molecule has 0 spiro atoms. The topological polar surface area (TPSA) is 75.7 Å². The van der Waals surface area contributed by atoms with Gasteiger partial charge in [-0.25, -0.2) is 4.79 Å². The molecular formula is C13H16N2O4S. The van der Waals surface area contributed by atoms with Crippen molar-refractivity contribution in [2.24, 2.45) is 0 Å². The molecule has 7 heteroatoms. The highest BCUT2D eigenvalue weighted by Gasteiger charge is 2.42. The lowest BCUT2D eigenvalue weighted by molar-refractivity contribution is -0.150. The van der Waals surface area contributed by atoms with E-state index in [0.717, 1.165) is 0 Å². The fraction of sp³-hybridized carbons (Fsp3) is 0.462. The number of hydrogen-bond acceptors (Lipinski definition) is 5. The molecule has 0 saturated carbocycles. The summed E-state index contributed by atoms with van der Waals surface area (Å²) in [7, 11) is 1.27. The zero-order valence-corrected chi connectivity index (χ0v) is 12.1. The van der Waals surface area contributed by atoms with Crippen molar-refractivity contribution in [1.29, 1.82) is 0 Å². The number of nitrogens with zero attached hydrogens (tertiary/aromatic N) is 1. The van der Waals surface area contributed by atoms with Crippen LogP contribution < -0.4 is 5.32 Å². The van der Waals surface area contributed by atoms with Gasteiger partial charge in [0.15, 0.2) is 0 Å². The summed E-state index contributed by atoms with van der Waals surface area (Å²) in [6.07, 6.45) is 0.538. The van der Waals surface area contributed by atoms with Gasteiger partial charge in [-0.15, -0.1) is 11.3 Å². The lowest BCUT2D eigenvalue weighted by Gasteiger charge is -2.25. The Kier molecular flexibility index (Phi) is 4.39. The minimum absolute atomic E-state index is 0.201. The molecule has 20 heavy (non-hydrogen) atoms. The molecule has 1 aliphatic heterocycles. The summed E-state index contributed by atoms with van der Waals surface area (Å²) in [4.78, 5) is 37.4. The monoisotopic (exact) mass is 296 g/mol. The van der Waals surface area contributed by atoms with Gasteiger partial charge in [0.2, 0.25) is 5.91 Å². The lowest BCUT2D eigenvalue weighted by Crippen LogP contribution is -2.51. The van der Waals surface area contributed by atoms with Crippen LogP contribution in [-0.2, 0) is 14.3 Å². The second-order valence-corrected chi connectivity index (χ2v) is 5.47. The van der Waals surface area contributed by atoms with Crippen molar-refractivity contribution < 1.29 is 19.1 Å². The number of ether oxygens (including phenoxy) is 1. The van der Waals surface area contributed by atoms with Crippen LogP contribution in [0.4, 0.5) is 0 Å². The van der Waals surface area contributed by atoms with Gasteiger partial charge in [0.1, 0.15) is 6.04 Å². The number of thiophene rings is 1. The largest absolute Gasteiger partial charge is 0.467 e.